The minimum absolute atomic E-state index is 0.113. The molecule has 2 bridgehead atoms. The summed E-state index contributed by atoms with van der Waals surface area (Å²) in [5, 5.41) is 14.2. The number of carbonyl (C=O) groups excluding carboxylic acids is 3. The molecule has 2 N–H and O–H groups in total. The molecule has 6 aliphatic rings. The van der Waals surface area contributed by atoms with E-state index >= 15 is 13.6 Å². The Balaban J connectivity index is 1.35. The van der Waals surface area contributed by atoms with Crippen LogP contribution in [0.5, 0.6) is 5.75 Å². The molecular formula is C49H58F2N4O9. The zero-order valence-corrected chi connectivity index (χ0v) is 37.8. The van der Waals surface area contributed by atoms with Crippen LogP contribution in [-0.4, -0.2) is 136 Å². The van der Waals surface area contributed by atoms with Crippen LogP contribution in [0.1, 0.15) is 74.4 Å². The van der Waals surface area contributed by atoms with Gasteiger partial charge in [0.15, 0.2) is 6.10 Å². The number of hydrogen-bond acceptors (Lipinski definition) is 12. The van der Waals surface area contributed by atoms with Crippen molar-refractivity contribution in [2.45, 2.75) is 93.5 Å². The number of ether oxygens (including phenoxy) is 5. The van der Waals surface area contributed by atoms with Crippen LogP contribution in [0.4, 0.5) is 14.5 Å². The van der Waals surface area contributed by atoms with Gasteiger partial charge in [-0.1, -0.05) is 30.9 Å². The Labute approximate surface area is 372 Å². The number of aliphatic hydroxyl groups is 1. The highest BCUT2D eigenvalue weighted by molar-refractivity contribution is 5.95. The van der Waals surface area contributed by atoms with Crippen LogP contribution in [0.2, 0.25) is 0 Å². The van der Waals surface area contributed by atoms with Crippen LogP contribution in [-0.2, 0) is 50.7 Å². The Hall–Kier alpha value is -5.01. The Kier molecular flexibility index (Phi) is 10.8. The second-order valence-corrected chi connectivity index (χ2v) is 19.0. The molecule has 0 radical (unpaired) electrons. The Morgan fingerprint density at radius 2 is 1.80 bits per heavy atom. The molecule has 5 aliphatic heterocycles. The molecule has 1 aromatic heterocycles. The van der Waals surface area contributed by atoms with Gasteiger partial charge in [-0.15, -0.1) is 0 Å². The van der Waals surface area contributed by atoms with Gasteiger partial charge < -0.3 is 38.7 Å². The van der Waals surface area contributed by atoms with Gasteiger partial charge in [0.1, 0.15) is 17.8 Å². The fourth-order valence-corrected chi connectivity index (χ4v) is 13.6. The van der Waals surface area contributed by atoms with Gasteiger partial charge in [0, 0.05) is 110 Å². The molecule has 2 saturated heterocycles. The van der Waals surface area contributed by atoms with Crippen LogP contribution in [0, 0.1) is 29.1 Å². The first-order valence-corrected chi connectivity index (χ1v) is 22.2. The summed E-state index contributed by atoms with van der Waals surface area (Å²) in [6, 6.07) is 8.25. The highest BCUT2D eigenvalue weighted by Crippen LogP contribution is 2.68. The summed E-state index contributed by atoms with van der Waals surface area (Å²) in [6.45, 7) is 6.59. The summed E-state index contributed by atoms with van der Waals surface area (Å²) in [7, 11) is 7.48. The fourth-order valence-electron chi connectivity index (χ4n) is 13.6. The molecule has 64 heavy (non-hydrogen) atoms. The minimum Gasteiger partial charge on any atom is -0.496 e. The lowest BCUT2D eigenvalue weighted by Crippen LogP contribution is -2.81. The van der Waals surface area contributed by atoms with E-state index in [-0.39, 0.29) is 44.5 Å². The standard InChI is InChI=1S/C49H58F2N4O9/c1-9-46-15-11-17-55-18-16-47(40(46)55)34-22-35(38(61-6)23-37(34)53(4)41(47)49(59,44(58)63-8)42(46)64-28(2)56)48(43(57)62-7)24-30-20-31(45(3,50)51)26-54(25-30)27-33-32-21-29(12-10-19-60-5)13-14-36(32)52-39(33)48/h11,13-15,21-23,30-31,40-42,52,59H,9,16-20,24-27H2,1-8H3/t30?,31?,40?,41?,42-,46-,47-,48+,49+/m1/s1. The normalized spacial score (nSPS) is 33.7. The first-order chi connectivity index (χ1) is 30.5. The first kappa shape index (κ1) is 44.2. The van der Waals surface area contributed by atoms with E-state index in [1.807, 2.05) is 61.4 Å². The number of H-pyrrole nitrogens is 1. The van der Waals surface area contributed by atoms with Gasteiger partial charge in [-0.25, -0.2) is 13.6 Å². The zero-order valence-electron chi connectivity index (χ0n) is 37.8. The molecular weight excluding hydrogens is 827 g/mol. The lowest BCUT2D eigenvalue weighted by molar-refractivity contribution is -0.228. The van der Waals surface area contributed by atoms with Crippen LogP contribution in [0.15, 0.2) is 42.5 Å². The first-order valence-electron chi connectivity index (χ1n) is 22.2. The molecule has 13 nitrogen and oxygen atoms in total. The Morgan fingerprint density at radius 1 is 1.03 bits per heavy atom. The third kappa shape index (κ3) is 6.04. The van der Waals surface area contributed by atoms with Gasteiger partial charge in [-0.3, -0.25) is 19.4 Å². The average molecular weight is 885 g/mol. The second kappa shape index (κ2) is 15.6. The molecule has 2 aromatic carbocycles. The summed E-state index contributed by atoms with van der Waals surface area (Å²) >= 11 is 0. The van der Waals surface area contributed by atoms with E-state index in [9.17, 15) is 14.7 Å². The van der Waals surface area contributed by atoms with Crippen molar-refractivity contribution in [2.75, 3.05) is 73.2 Å². The van der Waals surface area contributed by atoms with Crippen molar-refractivity contribution in [2.24, 2.45) is 17.3 Å². The van der Waals surface area contributed by atoms with E-state index in [0.717, 1.165) is 34.5 Å². The van der Waals surface area contributed by atoms with Crippen molar-refractivity contribution in [3.63, 3.8) is 0 Å². The molecule has 0 amide bonds. The number of piperidine rings is 1. The summed E-state index contributed by atoms with van der Waals surface area (Å²) in [4.78, 5) is 52.8. The van der Waals surface area contributed by atoms with Crippen molar-refractivity contribution in [3.05, 3.63) is 70.4 Å². The summed E-state index contributed by atoms with van der Waals surface area (Å²) in [5.41, 5.74) is -1.32. The number of methoxy groups -OCH3 is 4. The van der Waals surface area contributed by atoms with Crippen LogP contribution < -0.4 is 9.64 Å². The van der Waals surface area contributed by atoms with Crippen LogP contribution in [0.25, 0.3) is 10.9 Å². The number of hydrogen-bond donors (Lipinski definition) is 2. The smallest absolute Gasteiger partial charge is 0.344 e. The number of fused-ring (bicyclic) bond motifs is 6. The lowest BCUT2D eigenvalue weighted by Gasteiger charge is -2.63. The maximum Gasteiger partial charge on any atom is 0.344 e. The van der Waals surface area contributed by atoms with Crippen molar-refractivity contribution in [3.8, 4) is 17.6 Å². The SMILES string of the molecule is CC[C@]12C=CCN3CC[C@@]4(c5cc([C@@]6(C(=O)OC)CC7CC(C(C)(F)F)CN(Cc8c6[nH]c6ccc(C#CCOC)cc86)C7)c(OC)cc5N(C)C4[C@@](O)(C(=O)OC)[C@@H]1OC(C)=O)C32. The number of nitrogens with one attached hydrogen (secondary N) is 1. The molecule has 3 fully saturated rings. The predicted molar refractivity (Wildman–Crippen MR) is 233 cm³/mol. The largest absolute Gasteiger partial charge is 0.496 e. The molecule has 10 atom stereocenters. The third-order valence-electron chi connectivity index (χ3n) is 15.8. The molecule has 5 unspecified atom stereocenters. The van der Waals surface area contributed by atoms with E-state index in [4.69, 9.17) is 23.7 Å². The molecule has 9 rings (SSSR count). The Bertz CT molecular complexity index is 2510. The van der Waals surface area contributed by atoms with E-state index in [1.165, 1.54) is 28.3 Å². The number of nitrogens with zero attached hydrogens (tertiary/aromatic N) is 3. The zero-order chi connectivity index (χ0) is 45.7. The number of rotatable bonds is 8. The minimum atomic E-state index is -2.98. The van der Waals surface area contributed by atoms with Gasteiger partial charge in [-0.05, 0) is 80.5 Å². The van der Waals surface area contributed by atoms with Crippen LogP contribution >= 0.6 is 0 Å². The average Bonchev–Trinajstić information content (AvgIpc) is 3.92. The highest BCUT2D eigenvalue weighted by Gasteiger charge is 2.80. The third-order valence-corrected chi connectivity index (χ3v) is 15.8. The van der Waals surface area contributed by atoms with Gasteiger partial charge in [0.25, 0.3) is 0 Å². The van der Waals surface area contributed by atoms with Crippen molar-refractivity contribution in [1.82, 2.24) is 14.8 Å². The maximum absolute atomic E-state index is 15.5. The number of benzene rings is 2. The van der Waals surface area contributed by atoms with Crippen molar-refractivity contribution in [1.29, 1.82) is 0 Å². The van der Waals surface area contributed by atoms with Gasteiger partial charge in [0.05, 0.1) is 27.4 Å². The quantitative estimate of drug-likeness (QED) is 0.135. The van der Waals surface area contributed by atoms with Crippen LogP contribution in [0.3, 0.4) is 0 Å². The number of aromatic amines is 1. The van der Waals surface area contributed by atoms with Crippen molar-refractivity contribution < 1.29 is 52.0 Å². The number of alkyl halides is 2. The molecule has 1 aliphatic carbocycles. The van der Waals surface area contributed by atoms with Gasteiger partial charge >= 0.3 is 17.9 Å². The number of carbonyl (C=O) groups is 3. The number of aromatic nitrogens is 1. The summed E-state index contributed by atoms with van der Waals surface area (Å²) < 4.78 is 60.0. The summed E-state index contributed by atoms with van der Waals surface area (Å²) in [5.74, 6) is 0.0612. The van der Waals surface area contributed by atoms with E-state index < -0.39 is 63.7 Å². The summed E-state index contributed by atoms with van der Waals surface area (Å²) in [6.07, 6.45) is 3.90. The topological polar surface area (TPSA) is 143 Å². The Morgan fingerprint density at radius 3 is 2.47 bits per heavy atom. The van der Waals surface area contributed by atoms with Crippen molar-refractivity contribution >= 4 is 34.5 Å². The molecule has 6 heterocycles. The molecule has 15 heteroatoms. The van der Waals surface area contributed by atoms with E-state index in [2.05, 4.69) is 26.6 Å². The highest BCUT2D eigenvalue weighted by atomic mass is 19.3. The van der Waals surface area contributed by atoms with Gasteiger partial charge in [-0.2, -0.15) is 0 Å². The predicted octanol–water partition coefficient (Wildman–Crippen LogP) is 5.08. The molecule has 1 saturated carbocycles. The number of halogens is 2. The van der Waals surface area contributed by atoms with E-state index in [1.54, 1.807) is 7.11 Å². The fraction of sp³-hybridized carbons (Fsp3) is 0.571. The lowest BCUT2D eigenvalue weighted by atomic mass is 9.47. The molecule has 3 aromatic rings. The van der Waals surface area contributed by atoms with E-state index in [0.29, 0.717) is 55.2 Å². The van der Waals surface area contributed by atoms with Gasteiger partial charge in [0.2, 0.25) is 11.5 Å². The number of esters is 3. The number of anilines is 1. The maximum atomic E-state index is 15.5. The molecule has 1 spiro atoms. The number of likely N-dealkylation sites (N-methyl/N-ethyl adjacent to an activating group) is 1. The molecule has 342 valence electrons. The monoisotopic (exact) mass is 884 g/mol. The second-order valence-electron chi connectivity index (χ2n) is 19.0.